The van der Waals surface area contributed by atoms with Gasteiger partial charge in [-0.2, -0.15) is 11.8 Å². The van der Waals surface area contributed by atoms with E-state index in [0.717, 1.165) is 6.54 Å². The molecule has 11 heavy (non-hydrogen) atoms. The Morgan fingerprint density at radius 2 is 2.55 bits per heavy atom. The summed E-state index contributed by atoms with van der Waals surface area (Å²) in [6.45, 7) is 0.804. The molecule has 1 amide bonds. The van der Waals surface area contributed by atoms with E-state index in [9.17, 15) is 4.79 Å². The Hall–Kier alpha value is 0.110. The number of amides is 1. The maximum atomic E-state index is 10.7. The van der Waals surface area contributed by atoms with Crippen molar-refractivity contribution in [2.45, 2.75) is 6.42 Å². The van der Waals surface area contributed by atoms with Crippen LogP contribution in [0.2, 0.25) is 0 Å². The average Bonchev–Trinajstić information content (AvgIpc) is 2.52. The second-order valence-corrected chi connectivity index (χ2v) is 4.08. The highest BCUT2D eigenvalue weighted by atomic mass is 35.5. The maximum absolute atomic E-state index is 10.7. The second-order valence-electron chi connectivity index (χ2n) is 2.67. The number of alkyl halides is 1. The SMILES string of the molecule is O=C(CCl)NCC1CCSC1. The van der Waals surface area contributed by atoms with E-state index in [4.69, 9.17) is 11.6 Å². The fourth-order valence-electron chi connectivity index (χ4n) is 1.05. The largest absolute Gasteiger partial charge is 0.355 e. The minimum atomic E-state index is -0.0523. The van der Waals surface area contributed by atoms with Crippen molar-refractivity contribution >= 4 is 29.3 Å². The molecule has 1 rings (SSSR count). The summed E-state index contributed by atoms with van der Waals surface area (Å²) in [5.41, 5.74) is 0. The predicted octanol–water partition coefficient (Wildman–Crippen LogP) is 1.09. The van der Waals surface area contributed by atoms with Gasteiger partial charge >= 0.3 is 0 Å². The van der Waals surface area contributed by atoms with Crippen LogP contribution in [-0.4, -0.2) is 29.8 Å². The summed E-state index contributed by atoms with van der Waals surface area (Å²) in [7, 11) is 0. The van der Waals surface area contributed by atoms with Gasteiger partial charge in [-0.1, -0.05) is 0 Å². The lowest BCUT2D eigenvalue weighted by atomic mass is 10.1. The lowest BCUT2D eigenvalue weighted by Crippen LogP contribution is -2.29. The van der Waals surface area contributed by atoms with Gasteiger partial charge in [-0.15, -0.1) is 11.6 Å². The molecule has 4 heteroatoms. The van der Waals surface area contributed by atoms with Crippen LogP contribution >= 0.6 is 23.4 Å². The van der Waals surface area contributed by atoms with Crippen LogP contribution in [0.3, 0.4) is 0 Å². The van der Waals surface area contributed by atoms with Crippen LogP contribution in [0.15, 0.2) is 0 Å². The zero-order valence-electron chi connectivity index (χ0n) is 6.31. The van der Waals surface area contributed by atoms with Crippen LogP contribution in [0.4, 0.5) is 0 Å². The molecule has 1 saturated heterocycles. The van der Waals surface area contributed by atoms with E-state index in [1.54, 1.807) is 0 Å². The molecule has 0 aliphatic carbocycles. The van der Waals surface area contributed by atoms with Gasteiger partial charge in [0.2, 0.25) is 5.91 Å². The molecule has 1 fully saturated rings. The van der Waals surface area contributed by atoms with Crippen molar-refractivity contribution in [1.29, 1.82) is 0 Å². The zero-order chi connectivity index (χ0) is 8.10. The van der Waals surface area contributed by atoms with E-state index >= 15 is 0 Å². The number of thioether (sulfide) groups is 1. The number of carbonyl (C=O) groups excluding carboxylic acids is 1. The Balaban J connectivity index is 2.06. The summed E-state index contributed by atoms with van der Waals surface area (Å²) >= 11 is 7.28. The molecule has 0 aromatic heterocycles. The van der Waals surface area contributed by atoms with Gasteiger partial charge in [0.25, 0.3) is 0 Å². The molecule has 64 valence electrons. The van der Waals surface area contributed by atoms with E-state index in [1.807, 2.05) is 11.8 Å². The van der Waals surface area contributed by atoms with Crippen molar-refractivity contribution in [2.75, 3.05) is 23.9 Å². The smallest absolute Gasteiger partial charge is 0.234 e. The molecule has 1 aliphatic rings. The van der Waals surface area contributed by atoms with Gasteiger partial charge < -0.3 is 5.32 Å². The summed E-state index contributed by atoms with van der Waals surface area (Å²) in [5.74, 6) is 3.12. The van der Waals surface area contributed by atoms with Crippen molar-refractivity contribution < 1.29 is 4.79 Å². The molecule has 1 atom stereocenters. The second kappa shape index (κ2) is 4.88. The Morgan fingerprint density at radius 1 is 1.73 bits per heavy atom. The molecule has 0 aromatic rings. The van der Waals surface area contributed by atoms with Crippen molar-refractivity contribution in [1.82, 2.24) is 5.32 Å². The zero-order valence-corrected chi connectivity index (χ0v) is 7.88. The highest BCUT2D eigenvalue weighted by molar-refractivity contribution is 7.99. The van der Waals surface area contributed by atoms with Gasteiger partial charge in [-0.25, -0.2) is 0 Å². The Bertz CT molecular complexity index is 136. The van der Waals surface area contributed by atoms with Gasteiger partial charge in [-0.3, -0.25) is 4.79 Å². The van der Waals surface area contributed by atoms with Crippen LogP contribution < -0.4 is 5.32 Å². The summed E-state index contributed by atoms with van der Waals surface area (Å²) in [6.07, 6.45) is 1.23. The third-order valence-corrected chi connectivity index (χ3v) is 3.21. The number of nitrogens with one attached hydrogen (secondary N) is 1. The Labute approximate surface area is 76.1 Å². The molecule has 0 aromatic carbocycles. The normalized spacial score (nSPS) is 23.5. The monoisotopic (exact) mass is 193 g/mol. The van der Waals surface area contributed by atoms with Crippen LogP contribution in [0.1, 0.15) is 6.42 Å². The van der Waals surface area contributed by atoms with Crippen LogP contribution in [0.25, 0.3) is 0 Å². The molecule has 1 N–H and O–H groups in total. The lowest BCUT2D eigenvalue weighted by Gasteiger charge is -2.07. The van der Waals surface area contributed by atoms with Gasteiger partial charge in [0.1, 0.15) is 5.88 Å². The number of hydrogen-bond acceptors (Lipinski definition) is 2. The van der Waals surface area contributed by atoms with E-state index in [0.29, 0.717) is 5.92 Å². The minimum absolute atomic E-state index is 0.0523. The highest BCUT2D eigenvalue weighted by Gasteiger charge is 2.15. The Morgan fingerprint density at radius 3 is 3.09 bits per heavy atom. The van der Waals surface area contributed by atoms with Crippen molar-refractivity contribution in [2.24, 2.45) is 5.92 Å². The Kier molecular flexibility index (Phi) is 4.08. The number of rotatable bonds is 3. The third-order valence-electron chi connectivity index (χ3n) is 1.73. The van der Waals surface area contributed by atoms with Crippen molar-refractivity contribution in [3.63, 3.8) is 0 Å². The van der Waals surface area contributed by atoms with E-state index in [2.05, 4.69) is 5.32 Å². The maximum Gasteiger partial charge on any atom is 0.234 e. The number of carbonyl (C=O) groups is 1. The highest BCUT2D eigenvalue weighted by Crippen LogP contribution is 2.22. The van der Waals surface area contributed by atoms with Gasteiger partial charge in [-0.05, 0) is 23.8 Å². The average molecular weight is 194 g/mol. The molecule has 0 spiro atoms. The quantitative estimate of drug-likeness (QED) is 0.681. The van der Waals surface area contributed by atoms with Gasteiger partial charge in [0.05, 0.1) is 0 Å². The minimum Gasteiger partial charge on any atom is -0.355 e. The topological polar surface area (TPSA) is 29.1 Å². The number of halogens is 1. The molecular weight excluding hydrogens is 182 g/mol. The van der Waals surface area contributed by atoms with Crippen LogP contribution in [0.5, 0.6) is 0 Å². The van der Waals surface area contributed by atoms with Crippen molar-refractivity contribution in [3.8, 4) is 0 Å². The van der Waals surface area contributed by atoms with Crippen LogP contribution in [0, 0.1) is 5.92 Å². The first-order chi connectivity index (χ1) is 5.33. The summed E-state index contributed by atoms with van der Waals surface area (Å²) in [4.78, 5) is 10.7. The predicted molar refractivity (Wildman–Crippen MR) is 49.2 cm³/mol. The van der Waals surface area contributed by atoms with Gasteiger partial charge in [0, 0.05) is 6.54 Å². The van der Waals surface area contributed by atoms with E-state index in [1.165, 1.54) is 17.9 Å². The standard InChI is InChI=1S/C7H12ClNOS/c8-3-7(10)9-4-6-1-2-11-5-6/h6H,1-5H2,(H,9,10). The molecule has 0 bridgehead atoms. The first-order valence-electron chi connectivity index (χ1n) is 3.73. The fourth-order valence-corrected chi connectivity index (χ4v) is 2.43. The summed E-state index contributed by atoms with van der Waals surface area (Å²) in [5, 5.41) is 2.79. The summed E-state index contributed by atoms with van der Waals surface area (Å²) < 4.78 is 0. The molecule has 1 unspecified atom stereocenters. The first kappa shape index (κ1) is 9.20. The fraction of sp³-hybridized carbons (Fsp3) is 0.857. The first-order valence-corrected chi connectivity index (χ1v) is 5.42. The molecule has 2 nitrogen and oxygen atoms in total. The van der Waals surface area contributed by atoms with Crippen LogP contribution in [-0.2, 0) is 4.79 Å². The molecule has 0 radical (unpaired) electrons. The third kappa shape index (κ3) is 3.34. The van der Waals surface area contributed by atoms with Crippen molar-refractivity contribution in [3.05, 3.63) is 0 Å². The molecule has 1 aliphatic heterocycles. The van der Waals surface area contributed by atoms with Gasteiger partial charge in [0.15, 0.2) is 0 Å². The summed E-state index contributed by atoms with van der Waals surface area (Å²) in [6, 6.07) is 0. The lowest BCUT2D eigenvalue weighted by molar-refractivity contribution is -0.118. The molecular formula is C7H12ClNOS. The molecule has 0 saturated carbocycles. The number of hydrogen-bond donors (Lipinski definition) is 1. The van der Waals surface area contributed by atoms with E-state index in [-0.39, 0.29) is 11.8 Å². The van der Waals surface area contributed by atoms with E-state index < -0.39 is 0 Å². The molecule has 1 heterocycles.